The lowest BCUT2D eigenvalue weighted by molar-refractivity contribution is -0.643. The fourth-order valence-electron chi connectivity index (χ4n) is 1.06. The molecule has 1 aromatic rings. The molecule has 1 aromatic carbocycles. The van der Waals surface area contributed by atoms with Crippen LogP contribution in [-0.2, 0) is 6.54 Å². The van der Waals surface area contributed by atoms with Crippen LogP contribution in [0, 0.1) is 6.92 Å². The molecule has 1 rings (SSSR count). The maximum Gasteiger partial charge on any atom is 0.101 e. The second-order valence-electron chi connectivity index (χ2n) is 2.54. The molecule has 10 heavy (non-hydrogen) atoms. The van der Waals surface area contributed by atoms with Gasteiger partial charge in [-0.3, -0.25) is 0 Å². The maximum absolute atomic E-state index is 2.18. The van der Waals surface area contributed by atoms with Crippen molar-refractivity contribution in [2.24, 2.45) is 0 Å². The number of benzene rings is 1. The number of hydrogen-bond donors (Lipinski definition) is 1. The molecule has 1 heteroatoms. The third kappa shape index (κ3) is 1.58. The Morgan fingerprint density at radius 3 is 2.60 bits per heavy atom. The molecule has 0 saturated carbocycles. The standard InChI is InChI=1S/C9H13N/c1-8-5-3-4-6-9(8)7-10-2/h3-6,10H,7H2,1-2H3/p+1. The summed E-state index contributed by atoms with van der Waals surface area (Å²) in [6.07, 6.45) is 0. The van der Waals surface area contributed by atoms with Crippen molar-refractivity contribution >= 4 is 0 Å². The van der Waals surface area contributed by atoms with Crippen LogP contribution in [0.2, 0.25) is 0 Å². The molecule has 0 aromatic heterocycles. The van der Waals surface area contributed by atoms with E-state index in [1.54, 1.807) is 0 Å². The van der Waals surface area contributed by atoms with Gasteiger partial charge >= 0.3 is 0 Å². The van der Waals surface area contributed by atoms with Crippen LogP contribution in [0.25, 0.3) is 0 Å². The highest BCUT2D eigenvalue weighted by molar-refractivity contribution is 5.24. The Morgan fingerprint density at radius 2 is 2.00 bits per heavy atom. The summed E-state index contributed by atoms with van der Waals surface area (Å²) in [6, 6.07) is 8.49. The molecule has 0 fully saturated rings. The van der Waals surface area contributed by atoms with E-state index >= 15 is 0 Å². The van der Waals surface area contributed by atoms with Gasteiger partial charge in [0.1, 0.15) is 6.54 Å². The molecule has 0 heterocycles. The molecule has 0 amide bonds. The first kappa shape index (κ1) is 7.29. The lowest BCUT2D eigenvalue weighted by Crippen LogP contribution is -2.77. The summed E-state index contributed by atoms with van der Waals surface area (Å²) in [5, 5.41) is 2.18. The van der Waals surface area contributed by atoms with Crippen molar-refractivity contribution in [3.8, 4) is 0 Å². The van der Waals surface area contributed by atoms with Gasteiger partial charge in [-0.2, -0.15) is 0 Å². The zero-order valence-electron chi connectivity index (χ0n) is 6.59. The van der Waals surface area contributed by atoms with Crippen LogP contribution in [0.4, 0.5) is 0 Å². The van der Waals surface area contributed by atoms with Crippen LogP contribution in [0.15, 0.2) is 24.3 Å². The van der Waals surface area contributed by atoms with E-state index in [2.05, 4.69) is 43.6 Å². The molecule has 0 atom stereocenters. The Balaban J connectivity index is 2.81. The number of quaternary nitrogens is 1. The highest BCUT2D eigenvalue weighted by Gasteiger charge is 1.94. The molecule has 0 spiro atoms. The van der Waals surface area contributed by atoms with Gasteiger partial charge in [0, 0.05) is 5.56 Å². The van der Waals surface area contributed by atoms with Gasteiger partial charge in [-0.1, -0.05) is 24.3 Å². The third-order valence-corrected chi connectivity index (χ3v) is 1.69. The Kier molecular flexibility index (Phi) is 2.46. The van der Waals surface area contributed by atoms with Crippen LogP contribution in [-0.4, -0.2) is 7.05 Å². The highest BCUT2D eigenvalue weighted by Crippen LogP contribution is 2.03. The largest absolute Gasteiger partial charge is 0.345 e. The summed E-state index contributed by atoms with van der Waals surface area (Å²) < 4.78 is 0. The quantitative estimate of drug-likeness (QED) is 0.616. The van der Waals surface area contributed by atoms with Crippen molar-refractivity contribution in [2.75, 3.05) is 7.05 Å². The lowest BCUT2D eigenvalue weighted by atomic mass is 10.1. The Morgan fingerprint density at radius 1 is 1.30 bits per heavy atom. The average Bonchev–Trinajstić information content (AvgIpc) is 1.94. The first-order chi connectivity index (χ1) is 4.84. The third-order valence-electron chi connectivity index (χ3n) is 1.69. The molecule has 0 saturated heterocycles. The monoisotopic (exact) mass is 136 g/mol. The second kappa shape index (κ2) is 3.37. The van der Waals surface area contributed by atoms with E-state index in [1.807, 2.05) is 0 Å². The van der Waals surface area contributed by atoms with E-state index in [-0.39, 0.29) is 0 Å². The number of rotatable bonds is 2. The predicted octanol–water partition coefficient (Wildman–Crippen LogP) is 0.688. The van der Waals surface area contributed by atoms with Gasteiger partial charge in [-0.15, -0.1) is 0 Å². The van der Waals surface area contributed by atoms with Crippen LogP contribution < -0.4 is 5.32 Å². The van der Waals surface area contributed by atoms with E-state index in [1.165, 1.54) is 11.1 Å². The highest BCUT2D eigenvalue weighted by atomic mass is 14.8. The minimum Gasteiger partial charge on any atom is -0.345 e. The van der Waals surface area contributed by atoms with Crippen molar-refractivity contribution in [1.29, 1.82) is 0 Å². The Labute approximate surface area is 62.1 Å². The summed E-state index contributed by atoms with van der Waals surface area (Å²) in [5.41, 5.74) is 2.82. The van der Waals surface area contributed by atoms with Gasteiger partial charge in [0.15, 0.2) is 0 Å². The van der Waals surface area contributed by atoms with Gasteiger partial charge in [0.05, 0.1) is 7.05 Å². The summed E-state index contributed by atoms with van der Waals surface area (Å²) in [4.78, 5) is 0. The van der Waals surface area contributed by atoms with E-state index in [0.717, 1.165) is 6.54 Å². The van der Waals surface area contributed by atoms with Gasteiger partial charge in [0.25, 0.3) is 0 Å². The lowest BCUT2D eigenvalue weighted by Gasteiger charge is -2.00. The molecule has 54 valence electrons. The second-order valence-corrected chi connectivity index (χ2v) is 2.54. The zero-order valence-corrected chi connectivity index (χ0v) is 6.59. The maximum atomic E-state index is 2.18. The number of aryl methyl sites for hydroxylation is 1. The summed E-state index contributed by atoms with van der Waals surface area (Å²) in [5.74, 6) is 0. The molecule has 0 aliphatic heterocycles. The molecule has 1 nitrogen and oxygen atoms in total. The van der Waals surface area contributed by atoms with E-state index in [4.69, 9.17) is 0 Å². The first-order valence-electron chi connectivity index (χ1n) is 3.67. The number of nitrogens with two attached hydrogens (primary N) is 1. The molecule has 0 radical (unpaired) electrons. The average molecular weight is 136 g/mol. The van der Waals surface area contributed by atoms with Crippen LogP contribution >= 0.6 is 0 Å². The van der Waals surface area contributed by atoms with Gasteiger partial charge < -0.3 is 5.32 Å². The fourth-order valence-corrected chi connectivity index (χ4v) is 1.06. The molecule has 0 unspecified atom stereocenters. The SMILES string of the molecule is C[NH2+]Cc1ccccc1C. The molecule has 0 bridgehead atoms. The van der Waals surface area contributed by atoms with E-state index < -0.39 is 0 Å². The van der Waals surface area contributed by atoms with Crippen LogP contribution in [0.3, 0.4) is 0 Å². The Hall–Kier alpha value is -0.820. The van der Waals surface area contributed by atoms with Crippen molar-refractivity contribution in [3.63, 3.8) is 0 Å². The first-order valence-corrected chi connectivity index (χ1v) is 3.67. The predicted molar refractivity (Wildman–Crippen MR) is 42.7 cm³/mol. The Bertz CT molecular complexity index is 206. The molecule has 0 aliphatic rings. The summed E-state index contributed by atoms with van der Waals surface area (Å²) in [6.45, 7) is 3.24. The summed E-state index contributed by atoms with van der Waals surface area (Å²) in [7, 11) is 2.09. The molecular formula is C9H14N+. The minimum atomic E-state index is 1.09. The zero-order chi connectivity index (χ0) is 7.40. The summed E-state index contributed by atoms with van der Waals surface area (Å²) >= 11 is 0. The van der Waals surface area contributed by atoms with Gasteiger partial charge in [-0.05, 0) is 12.5 Å². The van der Waals surface area contributed by atoms with E-state index in [9.17, 15) is 0 Å². The van der Waals surface area contributed by atoms with Gasteiger partial charge in [0.2, 0.25) is 0 Å². The topological polar surface area (TPSA) is 16.6 Å². The van der Waals surface area contributed by atoms with Crippen molar-refractivity contribution in [3.05, 3.63) is 35.4 Å². The molecular weight excluding hydrogens is 122 g/mol. The van der Waals surface area contributed by atoms with Crippen LogP contribution in [0.5, 0.6) is 0 Å². The molecule has 0 aliphatic carbocycles. The molecule has 2 N–H and O–H groups in total. The fraction of sp³-hybridized carbons (Fsp3) is 0.333. The van der Waals surface area contributed by atoms with Gasteiger partial charge in [-0.25, -0.2) is 0 Å². The van der Waals surface area contributed by atoms with E-state index in [0.29, 0.717) is 0 Å². The van der Waals surface area contributed by atoms with Crippen molar-refractivity contribution in [2.45, 2.75) is 13.5 Å². The minimum absolute atomic E-state index is 1.09. The van der Waals surface area contributed by atoms with Crippen molar-refractivity contribution in [1.82, 2.24) is 0 Å². The number of hydrogen-bond acceptors (Lipinski definition) is 0. The van der Waals surface area contributed by atoms with Crippen LogP contribution in [0.1, 0.15) is 11.1 Å². The smallest absolute Gasteiger partial charge is 0.101 e. The normalized spacial score (nSPS) is 9.80. The van der Waals surface area contributed by atoms with Crippen molar-refractivity contribution < 1.29 is 5.32 Å².